The Morgan fingerprint density at radius 1 is 1.35 bits per heavy atom. The Morgan fingerprint density at radius 2 is 2.04 bits per heavy atom. The van der Waals surface area contributed by atoms with Gasteiger partial charge in [-0.15, -0.1) is 0 Å². The molecule has 23 heavy (non-hydrogen) atoms. The maximum atomic E-state index is 12.2. The summed E-state index contributed by atoms with van der Waals surface area (Å²) in [6.45, 7) is 6.18. The van der Waals surface area contributed by atoms with E-state index >= 15 is 0 Å². The molecule has 0 unspecified atom stereocenters. The number of carbonyl (C=O) groups excluding carboxylic acids is 1. The maximum Gasteiger partial charge on any atom is 0.237 e. The third-order valence-corrected chi connectivity index (χ3v) is 3.90. The molecule has 0 saturated carbocycles. The molecule has 1 aromatic carbocycles. The predicted molar refractivity (Wildman–Crippen MR) is 92.7 cm³/mol. The van der Waals surface area contributed by atoms with Crippen LogP contribution in [-0.4, -0.2) is 27.7 Å². The molecule has 0 spiro atoms. The van der Waals surface area contributed by atoms with Crippen molar-refractivity contribution in [3.05, 3.63) is 36.0 Å². The number of ether oxygens (including phenoxy) is 1. The first-order chi connectivity index (χ1) is 11.0. The minimum absolute atomic E-state index is 0.122. The van der Waals surface area contributed by atoms with Gasteiger partial charge in [-0.25, -0.2) is 9.97 Å². The number of benzene rings is 1. The molecule has 1 aromatic heterocycles. The van der Waals surface area contributed by atoms with E-state index in [1.54, 1.807) is 25.1 Å². The topological polar surface area (TPSA) is 90.1 Å². The fourth-order valence-corrected chi connectivity index (χ4v) is 2.71. The van der Waals surface area contributed by atoms with Crippen molar-refractivity contribution in [2.75, 3.05) is 17.7 Å². The highest BCUT2D eigenvalue weighted by molar-refractivity contribution is 8.00. The Morgan fingerprint density at radius 3 is 2.65 bits per heavy atom. The number of carbonyl (C=O) groups is 1. The van der Waals surface area contributed by atoms with Gasteiger partial charge in [-0.2, -0.15) is 0 Å². The summed E-state index contributed by atoms with van der Waals surface area (Å²) in [5, 5.41) is 3.01. The normalized spacial score (nSPS) is 11.8. The first-order valence-corrected chi connectivity index (χ1v) is 8.17. The van der Waals surface area contributed by atoms with Crippen LogP contribution in [0.2, 0.25) is 0 Å². The first kappa shape index (κ1) is 17.1. The Labute approximate surface area is 139 Å². The number of aryl methyl sites for hydroxylation is 1. The van der Waals surface area contributed by atoms with Gasteiger partial charge in [0.2, 0.25) is 5.91 Å². The number of nitrogens with two attached hydrogens (primary N) is 1. The van der Waals surface area contributed by atoms with Gasteiger partial charge < -0.3 is 15.8 Å². The van der Waals surface area contributed by atoms with E-state index in [1.165, 1.54) is 11.8 Å². The van der Waals surface area contributed by atoms with E-state index in [0.29, 0.717) is 17.6 Å². The molecule has 3 N–H and O–H groups in total. The Bertz CT molecular complexity index is 656. The second kappa shape index (κ2) is 7.82. The quantitative estimate of drug-likeness (QED) is 0.624. The summed E-state index contributed by atoms with van der Waals surface area (Å²) in [6, 6.07) is 8.94. The van der Waals surface area contributed by atoms with Crippen molar-refractivity contribution in [2.24, 2.45) is 0 Å². The minimum Gasteiger partial charge on any atom is -0.494 e. The number of thioether (sulfide) groups is 1. The molecule has 1 heterocycles. The van der Waals surface area contributed by atoms with E-state index in [1.807, 2.05) is 26.0 Å². The molecule has 2 aromatic rings. The van der Waals surface area contributed by atoms with Crippen molar-refractivity contribution in [1.29, 1.82) is 0 Å². The van der Waals surface area contributed by atoms with Crippen LogP contribution in [0.15, 0.2) is 35.5 Å². The van der Waals surface area contributed by atoms with E-state index < -0.39 is 0 Å². The van der Waals surface area contributed by atoms with Gasteiger partial charge in [-0.05, 0) is 45.0 Å². The van der Waals surface area contributed by atoms with Gasteiger partial charge >= 0.3 is 0 Å². The first-order valence-electron chi connectivity index (χ1n) is 7.29. The number of nitrogens with zero attached hydrogens (tertiary/aromatic N) is 2. The van der Waals surface area contributed by atoms with E-state index in [4.69, 9.17) is 10.5 Å². The van der Waals surface area contributed by atoms with E-state index in [0.717, 1.165) is 17.1 Å². The average molecular weight is 332 g/mol. The van der Waals surface area contributed by atoms with Gasteiger partial charge in [-0.1, -0.05) is 11.8 Å². The molecule has 0 aliphatic carbocycles. The summed E-state index contributed by atoms with van der Waals surface area (Å²) in [6.07, 6.45) is 0. The smallest absolute Gasteiger partial charge is 0.237 e. The van der Waals surface area contributed by atoms with Gasteiger partial charge in [0.05, 0.1) is 11.9 Å². The second-order valence-corrected chi connectivity index (χ2v) is 6.23. The standard InChI is InChI=1S/C16H20N4O2S/c1-4-22-13-7-5-12(6-8-13)19-15(21)11(3)23-16-18-10(2)9-14(17)20-16/h5-9,11H,4H2,1-3H3,(H,19,21)(H2,17,18,20)/t11-/m0/s1. The molecule has 0 aliphatic heterocycles. The Balaban J connectivity index is 1.96. The van der Waals surface area contributed by atoms with Crippen LogP contribution in [0.25, 0.3) is 0 Å². The van der Waals surface area contributed by atoms with Gasteiger partial charge in [-0.3, -0.25) is 4.79 Å². The van der Waals surface area contributed by atoms with Gasteiger partial charge in [0.1, 0.15) is 11.6 Å². The molecule has 0 radical (unpaired) electrons. The molecule has 7 heteroatoms. The van der Waals surface area contributed by atoms with Crippen LogP contribution in [0.5, 0.6) is 5.75 Å². The number of hydrogen-bond donors (Lipinski definition) is 2. The molecule has 122 valence electrons. The molecule has 1 amide bonds. The number of nitrogen functional groups attached to an aromatic ring is 1. The highest BCUT2D eigenvalue weighted by Crippen LogP contribution is 2.22. The predicted octanol–water partition coefficient (Wildman–Crippen LogP) is 2.89. The third kappa shape index (κ3) is 5.14. The van der Waals surface area contributed by atoms with Crippen LogP contribution in [0, 0.1) is 6.92 Å². The second-order valence-electron chi connectivity index (χ2n) is 4.92. The lowest BCUT2D eigenvalue weighted by molar-refractivity contribution is -0.115. The largest absolute Gasteiger partial charge is 0.494 e. The van der Waals surface area contributed by atoms with Crippen LogP contribution < -0.4 is 15.8 Å². The zero-order valence-corrected chi connectivity index (χ0v) is 14.2. The van der Waals surface area contributed by atoms with Crippen molar-refractivity contribution in [2.45, 2.75) is 31.2 Å². The molecule has 1 atom stereocenters. The van der Waals surface area contributed by atoms with Gasteiger partial charge in [0, 0.05) is 17.4 Å². The Hall–Kier alpha value is -2.28. The van der Waals surface area contributed by atoms with Crippen molar-refractivity contribution < 1.29 is 9.53 Å². The molecular weight excluding hydrogens is 312 g/mol. The minimum atomic E-state index is -0.345. The number of amides is 1. The van der Waals surface area contributed by atoms with E-state index in [2.05, 4.69) is 15.3 Å². The molecule has 0 fully saturated rings. The van der Waals surface area contributed by atoms with Crippen LogP contribution >= 0.6 is 11.8 Å². The van der Waals surface area contributed by atoms with E-state index in [-0.39, 0.29) is 11.2 Å². The summed E-state index contributed by atoms with van der Waals surface area (Å²) in [4.78, 5) is 20.6. The summed E-state index contributed by atoms with van der Waals surface area (Å²) < 4.78 is 5.37. The van der Waals surface area contributed by atoms with Gasteiger partial charge in [0.25, 0.3) is 0 Å². The fraction of sp³-hybridized carbons (Fsp3) is 0.312. The zero-order chi connectivity index (χ0) is 16.8. The van der Waals surface area contributed by atoms with Crippen LogP contribution in [0.4, 0.5) is 11.5 Å². The van der Waals surface area contributed by atoms with Crippen LogP contribution in [0.3, 0.4) is 0 Å². The monoisotopic (exact) mass is 332 g/mol. The number of anilines is 2. The van der Waals surface area contributed by atoms with Gasteiger partial charge in [0.15, 0.2) is 5.16 Å². The number of rotatable bonds is 6. The molecule has 0 aliphatic rings. The van der Waals surface area contributed by atoms with Crippen LogP contribution in [-0.2, 0) is 4.79 Å². The number of nitrogens with one attached hydrogen (secondary N) is 1. The molecule has 2 rings (SSSR count). The summed E-state index contributed by atoms with van der Waals surface area (Å²) in [5.41, 5.74) is 7.19. The molecule has 6 nitrogen and oxygen atoms in total. The Kier molecular flexibility index (Phi) is 5.81. The molecule has 0 bridgehead atoms. The fourth-order valence-electron chi connectivity index (χ4n) is 1.87. The number of aromatic nitrogens is 2. The third-order valence-electron chi connectivity index (χ3n) is 2.94. The van der Waals surface area contributed by atoms with Crippen molar-refractivity contribution in [1.82, 2.24) is 9.97 Å². The summed E-state index contributed by atoms with van der Waals surface area (Å²) in [7, 11) is 0. The lowest BCUT2D eigenvalue weighted by Gasteiger charge is -2.12. The highest BCUT2D eigenvalue weighted by Gasteiger charge is 2.16. The summed E-state index contributed by atoms with van der Waals surface area (Å²) in [5.74, 6) is 1.05. The van der Waals surface area contributed by atoms with Crippen molar-refractivity contribution in [3.63, 3.8) is 0 Å². The maximum absolute atomic E-state index is 12.2. The zero-order valence-electron chi connectivity index (χ0n) is 13.4. The SMILES string of the molecule is CCOc1ccc(NC(=O)[C@H](C)Sc2nc(C)cc(N)n2)cc1. The van der Waals surface area contributed by atoms with E-state index in [9.17, 15) is 4.79 Å². The average Bonchev–Trinajstić information content (AvgIpc) is 2.48. The highest BCUT2D eigenvalue weighted by atomic mass is 32.2. The number of hydrogen-bond acceptors (Lipinski definition) is 6. The van der Waals surface area contributed by atoms with Crippen molar-refractivity contribution >= 4 is 29.2 Å². The lowest BCUT2D eigenvalue weighted by Crippen LogP contribution is -2.22. The lowest BCUT2D eigenvalue weighted by atomic mass is 10.3. The van der Waals surface area contributed by atoms with Crippen LogP contribution in [0.1, 0.15) is 19.5 Å². The van der Waals surface area contributed by atoms with Crippen molar-refractivity contribution in [3.8, 4) is 5.75 Å². The molecule has 0 saturated heterocycles. The molecular formula is C16H20N4O2S. The summed E-state index contributed by atoms with van der Waals surface area (Å²) >= 11 is 1.27.